The smallest absolute Gasteiger partial charge is 0.133 e. The molecule has 0 saturated heterocycles. The van der Waals surface area contributed by atoms with Crippen LogP contribution in [0.5, 0.6) is 0 Å². The molecule has 0 bridgehead atoms. The van der Waals surface area contributed by atoms with E-state index in [1.807, 2.05) is 6.07 Å². The van der Waals surface area contributed by atoms with Gasteiger partial charge in [0.2, 0.25) is 0 Å². The molecule has 2 N–H and O–H groups in total. The van der Waals surface area contributed by atoms with Crippen molar-refractivity contribution < 1.29 is 9.52 Å². The summed E-state index contributed by atoms with van der Waals surface area (Å²) >= 11 is 0. The second-order valence-corrected chi connectivity index (χ2v) is 4.28. The van der Waals surface area contributed by atoms with Crippen molar-refractivity contribution in [3.63, 3.8) is 0 Å². The van der Waals surface area contributed by atoms with Gasteiger partial charge in [-0.25, -0.2) is 0 Å². The van der Waals surface area contributed by atoms with Gasteiger partial charge in [-0.2, -0.15) is 0 Å². The van der Waals surface area contributed by atoms with Gasteiger partial charge in [-0.3, -0.25) is 0 Å². The average Bonchev–Trinajstić information content (AvgIpc) is 2.93. The van der Waals surface area contributed by atoms with Crippen LogP contribution in [0.25, 0.3) is 0 Å². The summed E-state index contributed by atoms with van der Waals surface area (Å²) in [7, 11) is 0. The molecule has 0 amide bonds. The van der Waals surface area contributed by atoms with Crippen LogP contribution in [0.2, 0.25) is 0 Å². The van der Waals surface area contributed by atoms with Crippen molar-refractivity contribution in [2.75, 3.05) is 6.54 Å². The number of benzene rings is 1. The Morgan fingerprint density at radius 2 is 1.94 bits per heavy atom. The van der Waals surface area contributed by atoms with Crippen molar-refractivity contribution in [3.05, 3.63) is 59.5 Å². The van der Waals surface area contributed by atoms with E-state index in [-0.39, 0.29) is 0 Å². The second-order valence-electron chi connectivity index (χ2n) is 4.28. The molecule has 1 atom stereocenters. The van der Waals surface area contributed by atoms with Crippen LogP contribution in [0.3, 0.4) is 0 Å². The Morgan fingerprint density at radius 3 is 2.61 bits per heavy atom. The van der Waals surface area contributed by atoms with Crippen molar-refractivity contribution in [2.45, 2.75) is 26.0 Å². The van der Waals surface area contributed by atoms with E-state index in [9.17, 15) is 5.11 Å². The first-order chi connectivity index (χ1) is 8.81. The summed E-state index contributed by atoms with van der Waals surface area (Å²) in [6.07, 6.45) is 2.01. The molecule has 0 fully saturated rings. The van der Waals surface area contributed by atoms with Gasteiger partial charge in [-0.1, -0.05) is 31.2 Å². The fourth-order valence-electron chi connectivity index (χ4n) is 2.00. The summed E-state index contributed by atoms with van der Waals surface area (Å²) in [5.41, 5.74) is 2.63. The van der Waals surface area contributed by atoms with E-state index < -0.39 is 6.10 Å². The third kappa shape index (κ3) is 3.22. The van der Waals surface area contributed by atoms with E-state index in [2.05, 4.69) is 30.4 Å². The Bertz CT molecular complexity index is 465. The number of hydrogen-bond donors (Lipinski definition) is 2. The number of aliphatic hydroxyl groups excluding tert-OH is 1. The van der Waals surface area contributed by atoms with Gasteiger partial charge in [0.25, 0.3) is 0 Å². The van der Waals surface area contributed by atoms with E-state index in [4.69, 9.17) is 4.42 Å². The van der Waals surface area contributed by atoms with Gasteiger partial charge in [-0.05, 0) is 29.7 Å². The predicted molar refractivity (Wildman–Crippen MR) is 71.2 cm³/mol. The normalized spacial score (nSPS) is 12.6. The monoisotopic (exact) mass is 245 g/mol. The quantitative estimate of drug-likeness (QED) is 0.822. The molecule has 1 heterocycles. The van der Waals surface area contributed by atoms with Crippen LogP contribution in [0, 0.1) is 0 Å². The minimum atomic E-state index is -0.589. The molecule has 0 radical (unpaired) electrons. The molecule has 3 nitrogen and oxygen atoms in total. The molecular weight excluding hydrogens is 226 g/mol. The number of aryl methyl sites for hydroxylation is 1. The summed E-state index contributed by atoms with van der Waals surface area (Å²) in [6.45, 7) is 3.41. The Hall–Kier alpha value is -1.58. The minimum absolute atomic E-state index is 0.492. The first-order valence-electron chi connectivity index (χ1n) is 6.30. The Labute approximate surface area is 107 Å². The van der Waals surface area contributed by atoms with Gasteiger partial charge >= 0.3 is 0 Å². The number of hydrogen-bond acceptors (Lipinski definition) is 3. The first kappa shape index (κ1) is 12.9. The third-order valence-electron chi connectivity index (χ3n) is 3.02. The van der Waals surface area contributed by atoms with E-state index in [1.54, 1.807) is 18.4 Å². The van der Waals surface area contributed by atoms with E-state index in [0.29, 0.717) is 12.3 Å². The summed E-state index contributed by atoms with van der Waals surface area (Å²) < 4.78 is 5.15. The van der Waals surface area contributed by atoms with Gasteiger partial charge in [0.05, 0.1) is 6.26 Å². The van der Waals surface area contributed by atoms with Gasteiger partial charge in [-0.15, -0.1) is 0 Å². The zero-order valence-electron chi connectivity index (χ0n) is 10.6. The number of rotatable bonds is 6. The maximum atomic E-state index is 9.86. The molecule has 0 spiro atoms. The molecule has 96 valence electrons. The highest BCUT2D eigenvalue weighted by Gasteiger charge is 2.09. The van der Waals surface area contributed by atoms with Crippen LogP contribution in [0.15, 0.2) is 47.1 Å². The van der Waals surface area contributed by atoms with Crippen LogP contribution in [-0.2, 0) is 13.0 Å². The Balaban J connectivity index is 1.85. The number of aliphatic hydroxyl groups is 1. The molecule has 0 aliphatic heterocycles. The van der Waals surface area contributed by atoms with E-state index in [0.717, 1.165) is 13.0 Å². The zero-order valence-corrected chi connectivity index (χ0v) is 10.6. The lowest BCUT2D eigenvalue weighted by Crippen LogP contribution is -2.21. The standard InChI is InChI=1S/C15H19NO2/c1-2-12-6-3-4-7-13(12)10-16-11-14(17)15-8-5-9-18-15/h3-9,14,16-17H,2,10-11H2,1H3. The Kier molecular flexibility index (Phi) is 4.56. The lowest BCUT2D eigenvalue weighted by Gasteiger charge is -2.11. The largest absolute Gasteiger partial charge is 0.467 e. The van der Waals surface area contributed by atoms with Crippen LogP contribution < -0.4 is 5.32 Å². The average molecular weight is 245 g/mol. The Morgan fingerprint density at radius 1 is 1.17 bits per heavy atom. The lowest BCUT2D eigenvalue weighted by atomic mass is 10.1. The topological polar surface area (TPSA) is 45.4 Å². The van der Waals surface area contributed by atoms with Gasteiger partial charge < -0.3 is 14.8 Å². The first-order valence-corrected chi connectivity index (χ1v) is 6.30. The van der Waals surface area contributed by atoms with Crippen LogP contribution >= 0.6 is 0 Å². The summed E-state index contributed by atoms with van der Waals surface area (Å²) in [4.78, 5) is 0. The van der Waals surface area contributed by atoms with E-state index in [1.165, 1.54) is 11.1 Å². The molecule has 2 rings (SSSR count). The number of furan rings is 1. The third-order valence-corrected chi connectivity index (χ3v) is 3.02. The maximum absolute atomic E-state index is 9.86. The molecule has 1 aromatic carbocycles. The molecule has 0 saturated carbocycles. The van der Waals surface area contributed by atoms with Crippen molar-refractivity contribution in [1.82, 2.24) is 5.32 Å². The highest BCUT2D eigenvalue weighted by atomic mass is 16.4. The maximum Gasteiger partial charge on any atom is 0.133 e. The SMILES string of the molecule is CCc1ccccc1CNCC(O)c1ccco1. The summed E-state index contributed by atoms with van der Waals surface area (Å²) in [6, 6.07) is 11.9. The molecular formula is C15H19NO2. The molecule has 2 aromatic rings. The fraction of sp³-hybridized carbons (Fsp3) is 0.333. The van der Waals surface area contributed by atoms with Crippen LogP contribution in [-0.4, -0.2) is 11.7 Å². The molecule has 3 heteroatoms. The zero-order chi connectivity index (χ0) is 12.8. The van der Waals surface area contributed by atoms with Crippen molar-refractivity contribution >= 4 is 0 Å². The molecule has 0 aliphatic rings. The lowest BCUT2D eigenvalue weighted by molar-refractivity contribution is 0.147. The second kappa shape index (κ2) is 6.38. The summed E-state index contributed by atoms with van der Waals surface area (Å²) in [5, 5.41) is 13.1. The van der Waals surface area contributed by atoms with Crippen LogP contribution in [0.1, 0.15) is 29.9 Å². The molecule has 18 heavy (non-hydrogen) atoms. The van der Waals surface area contributed by atoms with Crippen molar-refractivity contribution in [2.24, 2.45) is 0 Å². The van der Waals surface area contributed by atoms with Crippen LogP contribution in [0.4, 0.5) is 0 Å². The summed E-state index contributed by atoms with van der Waals surface area (Å²) in [5.74, 6) is 0.603. The molecule has 0 aliphatic carbocycles. The van der Waals surface area contributed by atoms with Crippen molar-refractivity contribution in [1.29, 1.82) is 0 Å². The number of nitrogens with one attached hydrogen (secondary N) is 1. The molecule has 1 unspecified atom stereocenters. The van der Waals surface area contributed by atoms with Gasteiger partial charge in [0, 0.05) is 13.1 Å². The minimum Gasteiger partial charge on any atom is -0.467 e. The highest BCUT2D eigenvalue weighted by molar-refractivity contribution is 5.26. The van der Waals surface area contributed by atoms with Gasteiger partial charge in [0.1, 0.15) is 11.9 Å². The molecule has 1 aromatic heterocycles. The van der Waals surface area contributed by atoms with Crippen molar-refractivity contribution in [3.8, 4) is 0 Å². The predicted octanol–water partition coefficient (Wildman–Crippen LogP) is 2.67. The van der Waals surface area contributed by atoms with E-state index >= 15 is 0 Å². The fourth-order valence-corrected chi connectivity index (χ4v) is 2.00. The van der Waals surface area contributed by atoms with Gasteiger partial charge in [0.15, 0.2) is 0 Å². The highest BCUT2D eigenvalue weighted by Crippen LogP contribution is 2.13.